The van der Waals surface area contributed by atoms with E-state index in [1.165, 1.54) is 18.4 Å². The standard InChI is InChI=1S/C14H14O5S/c1-18-12-6-9(7-15)2-4-11(12)19-8-10-3-5-13(20-10)14(16)17/h2-6,15H,7-8H2,1H3,(H,16,17). The number of aliphatic hydroxyl groups is 1. The van der Waals surface area contributed by atoms with Gasteiger partial charge in [0.05, 0.1) is 13.7 Å². The van der Waals surface area contributed by atoms with Crippen LogP contribution in [0.15, 0.2) is 30.3 Å². The normalized spacial score (nSPS) is 10.3. The van der Waals surface area contributed by atoms with Gasteiger partial charge in [0.15, 0.2) is 11.5 Å². The van der Waals surface area contributed by atoms with E-state index in [1.807, 2.05) is 0 Å². The molecule has 6 heteroatoms. The molecule has 2 aromatic rings. The minimum absolute atomic E-state index is 0.0659. The number of carboxylic acid groups (broad SMARTS) is 1. The predicted octanol–water partition coefficient (Wildman–Crippen LogP) is 2.53. The average molecular weight is 294 g/mol. The van der Waals surface area contributed by atoms with Crippen molar-refractivity contribution in [3.05, 3.63) is 45.6 Å². The first-order valence-corrected chi connectivity index (χ1v) is 6.68. The molecule has 0 unspecified atom stereocenters. The predicted molar refractivity (Wildman–Crippen MR) is 74.5 cm³/mol. The van der Waals surface area contributed by atoms with Crippen LogP contribution in [-0.4, -0.2) is 23.3 Å². The highest BCUT2D eigenvalue weighted by Crippen LogP contribution is 2.29. The molecule has 1 aromatic carbocycles. The van der Waals surface area contributed by atoms with Crippen LogP contribution in [0.3, 0.4) is 0 Å². The highest BCUT2D eigenvalue weighted by atomic mass is 32.1. The third-order valence-electron chi connectivity index (χ3n) is 2.65. The molecule has 0 atom stereocenters. The molecule has 106 valence electrons. The van der Waals surface area contributed by atoms with Crippen LogP contribution < -0.4 is 9.47 Å². The Morgan fingerprint density at radius 3 is 2.65 bits per heavy atom. The minimum Gasteiger partial charge on any atom is -0.493 e. The fraction of sp³-hybridized carbons (Fsp3) is 0.214. The minimum atomic E-state index is -0.939. The molecule has 0 spiro atoms. The quantitative estimate of drug-likeness (QED) is 0.856. The Labute approximate surface area is 120 Å². The average Bonchev–Trinajstić information content (AvgIpc) is 2.94. The van der Waals surface area contributed by atoms with Gasteiger partial charge in [-0.3, -0.25) is 0 Å². The summed E-state index contributed by atoms with van der Waals surface area (Å²) >= 11 is 1.18. The molecular formula is C14H14O5S. The summed E-state index contributed by atoms with van der Waals surface area (Å²) in [5, 5.41) is 17.9. The number of ether oxygens (including phenoxy) is 2. The second kappa shape index (κ2) is 6.40. The second-order valence-corrected chi connectivity index (χ2v) is 5.17. The first kappa shape index (κ1) is 14.4. The van der Waals surface area contributed by atoms with E-state index in [4.69, 9.17) is 19.7 Å². The van der Waals surface area contributed by atoms with Gasteiger partial charge in [-0.15, -0.1) is 11.3 Å². The number of thiophene rings is 1. The van der Waals surface area contributed by atoms with Crippen LogP contribution in [0.4, 0.5) is 0 Å². The van der Waals surface area contributed by atoms with E-state index < -0.39 is 5.97 Å². The number of carboxylic acids is 1. The van der Waals surface area contributed by atoms with E-state index in [-0.39, 0.29) is 18.1 Å². The summed E-state index contributed by atoms with van der Waals surface area (Å²) in [5.41, 5.74) is 0.735. The number of aromatic carboxylic acids is 1. The van der Waals surface area contributed by atoms with E-state index in [0.717, 1.165) is 10.4 Å². The second-order valence-electron chi connectivity index (χ2n) is 4.00. The Bertz CT molecular complexity index is 605. The maximum Gasteiger partial charge on any atom is 0.345 e. The summed E-state index contributed by atoms with van der Waals surface area (Å²) in [5.74, 6) is 0.146. The number of rotatable bonds is 6. The zero-order valence-corrected chi connectivity index (χ0v) is 11.6. The van der Waals surface area contributed by atoms with Crippen LogP contribution >= 0.6 is 11.3 Å². The molecule has 0 bridgehead atoms. The summed E-state index contributed by atoms with van der Waals surface area (Å²) in [6.45, 7) is 0.205. The van der Waals surface area contributed by atoms with Crippen molar-refractivity contribution in [1.82, 2.24) is 0 Å². The number of methoxy groups -OCH3 is 1. The van der Waals surface area contributed by atoms with Gasteiger partial charge in [-0.2, -0.15) is 0 Å². The first-order valence-electron chi connectivity index (χ1n) is 5.86. The maximum absolute atomic E-state index is 10.8. The van der Waals surface area contributed by atoms with E-state index in [2.05, 4.69) is 0 Å². The van der Waals surface area contributed by atoms with Crippen molar-refractivity contribution in [2.24, 2.45) is 0 Å². The lowest BCUT2D eigenvalue weighted by Gasteiger charge is -2.10. The molecule has 2 rings (SSSR count). The largest absolute Gasteiger partial charge is 0.493 e. The third kappa shape index (κ3) is 3.28. The Kier molecular flexibility index (Phi) is 4.60. The Hall–Kier alpha value is -2.05. The van der Waals surface area contributed by atoms with Gasteiger partial charge in [-0.25, -0.2) is 4.79 Å². The fourth-order valence-corrected chi connectivity index (χ4v) is 2.41. The lowest BCUT2D eigenvalue weighted by molar-refractivity contribution is 0.0702. The van der Waals surface area contributed by atoms with Gasteiger partial charge in [0.2, 0.25) is 0 Å². The number of carbonyl (C=O) groups is 1. The molecule has 1 aromatic heterocycles. The maximum atomic E-state index is 10.8. The summed E-state index contributed by atoms with van der Waals surface area (Å²) in [6.07, 6.45) is 0. The summed E-state index contributed by atoms with van der Waals surface area (Å²) in [7, 11) is 1.52. The SMILES string of the molecule is COc1cc(CO)ccc1OCc1ccc(C(=O)O)s1. The highest BCUT2D eigenvalue weighted by molar-refractivity contribution is 7.13. The molecular weight excluding hydrogens is 280 g/mol. The van der Waals surface area contributed by atoms with Crippen molar-refractivity contribution < 1.29 is 24.5 Å². The zero-order valence-electron chi connectivity index (χ0n) is 10.8. The lowest BCUT2D eigenvalue weighted by atomic mass is 10.2. The van der Waals surface area contributed by atoms with Crippen LogP contribution in [0.25, 0.3) is 0 Å². The number of hydrogen-bond acceptors (Lipinski definition) is 5. The molecule has 0 radical (unpaired) electrons. The van der Waals surface area contributed by atoms with Crippen LogP contribution in [0, 0.1) is 0 Å². The number of hydrogen-bond donors (Lipinski definition) is 2. The molecule has 0 aliphatic rings. The summed E-state index contributed by atoms with van der Waals surface area (Å²) in [4.78, 5) is 11.9. The Morgan fingerprint density at radius 1 is 1.25 bits per heavy atom. The fourth-order valence-electron chi connectivity index (χ4n) is 1.65. The van der Waals surface area contributed by atoms with Gasteiger partial charge in [0, 0.05) is 4.88 Å². The van der Waals surface area contributed by atoms with E-state index >= 15 is 0 Å². The van der Waals surface area contributed by atoms with Crippen molar-refractivity contribution in [2.75, 3.05) is 7.11 Å². The highest BCUT2D eigenvalue weighted by Gasteiger charge is 2.09. The molecule has 1 heterocycles. The Morgan fingerprint density at radius 2 is 2.05 bits per heavy atom. The third-order valence-corrected chi connectivity index (χ3v) is 3.70. The Balaban J connectivity index is 2.07. The topological polar surface area (TPSA) is 76.0 Å². The van der Waals surface area contributed by atoms with Gasteiger partial charge in [0.1, 0.15) is 11.5 Å². The van der Waals surface area contributed by atoms with Crippen molar-refractivity contribution in [3.8, 4) is 11.5 Å². The van der Waals surface area contributed by atoms with Gasteiger partial charge >= 0.3 is 5.97 Å². The van der Waals surface area contributed by atoms with Crippen molar-refractivity contribution in [2.45, 2.75) is 13.2 Å². The smallest absolute Gasteiger partial charge is 0.345 e. The van der Waals surface area contributed by atoms with Crippen molar-refractivity contribution in [1.29, 1.82) is 0 Å². The van der Waals surface area contributed by atoms with Gasteiger partial charge in [-0.1, -0.05) is 6.07 Å². The van der Waals surface area contributed by atoms with Crippen molar-refractivity contribution >= 4 is 17.3 Å². The summed E-state index contributed by atoms with van der Waals surface area (Å²) in [6, 6.07) is 8.44. The first-order chi connectivity index (χ1) is 9.63. The van der Waals surface area contributed by atoms with Crippen LogP contribution in [0.2, 0.25) is 0 Å². The molecule has 0 amide bonds. The van der Waals surface area contributed by atoms with E-state index in [0.29, 0.717) is 11.5 Å². The molecule has 20 heavy (non-hydrogen) atoms. The molecule has 0 fully saturated rings. The summed E-state index contributed by atoms with van der Waals surface area (Å²) < 4.78 is 10.8. The number of benzene rings is 1. The van der Waals surface area contributed by atoms with Gasteiger partial charge in [0.25, 0.3) is 0 Å². The molecule has 5 nitrogen and oxygen atoms in total. The molecule has 0 saturated carbocycles. The zero-order chi connectivity index (χ0) is 14.5. The van der Waals surface area contributed by atoms with E-state index in [1.54, 1.807) is 30.3 Å². The van der Waals surface area contributed by atoms with Gasteiger partial charge < -0.3 is 19.7 Å². The van der Waals surface area contributed by atoms with Gasteiger partial charge in [-0.05, 0) is 29.8 Å². The van der Waals surface area contributed by atoms with E-state index in [9.17, 15) is 4.79 Å². The molecule has 0 aliphatic carbocycles. The molecule has 0 saturated heterocycles. The molecule has 2 N–H and O–H groups in total. The lowest BCUT2D eigenvalue weighted by Crippen LogP contribution is -1.97. The monoisotopic (exact) mass is 294 g/mol. The van der Waals surface area contributed by atoms with Crippen LogP contribution in [0.1, 0.15) is 20.1 Å². The number of aliphatic hydroxyl groups excluding tert-OH is 1. The van der Waals surface area contributed by atoms with Crippen LogP contribution in [0.5, 0.6) is 11.5 Å². The van der Waals surface area contributed by atoms with Crippen molar-refractivity contribution in [3.63, 3.8) is 0 Å². The van der Waals surface area contributed by atoms with Crippen LogP contribution in [-0.2, 0) is 13.2 Å². The molecule has 0 aliphatic heterocycles.